The first-order chi connectivity index (χ1) is 5.77. The topological polar surface area (TPSA) is 6.48 Å². The Morgan fingerprint density at radius 2 is 1.92 bits per heavy atom. The average molecular weight is 168 g/mol. The van der Waals surface area contributed by atoms with E-state index in [2.05, 4.69) is 23.9 Å². The highest BCUT2D eigenvalue weighted by molar-refractivity contribution is 4.88. The number of hydrogen-bond acceptors (Lipinski definition) is 2. The van der Waals surface area contributed by atoms with E-state index in [0.29, 0.717) is 0 Å². The van der Waals surface area contributed by atoms with Gasteiger partial charge in [-0.1, -0.05) is 0 Å². The lowest BCUT2D eigenvalue weighted by atomic mass is 9.84. The lowest BCUT2D eigenvalue weighted by Crippen LogP contribution is -2.51. The Bertz CT molecular complexity index is 158. The summed E-state index contributed by atoms with van der Waals surface area (Å²) in [6.45, 7) is 3.95. The van der Waals surface area contributed by atoms with Crippen molar-refractivity contribution in [2.75, 3.05) is 33.7 Å². The van der Waals surface area contributed by atoms with E-state index in [9.17, 15) is 0 Å². The highest BCUT2D eigenvalue weighted by Crippen LogP contribution is 2.28. The van der Waals surface area contributed by atoms with Crippen LogP contribution >= 0.6 is 0 Å². The molecule has 2 nitrogen and oxygen atoms in total. The second kappa shape index (κ2) is 3.35. The maximum Gasteiger partial charge on any atom is 0.0145 e. The molecule has 2 atom stereocenters. The molecule has 12 heavy (non-hydrogen) atoms. The number of nitrogens with zero attached hydrogens (tertiary/aromatic N) is 2. The molecule has 0 aromatic carbocycles. The van der Waals surface area contributed by atoms with Crippen LogP contribution in [0.5, 0.6) is 0 Å². The van der Waals surface area contributed by atoms with Crippen LogP contribution in [0.3, 0.4) is 0 Å². The minimum Gasteiger partial charge on any atom is -0.306 e. The van der Waals surface area contributed by atoms with Crippen molar-refractivity contribution in [1.29, 1.82) is 0 Å². The SMILES string of the molecule is CN1CCC2C(CCCN2C)C1. The zero-order chi connectivity index (χ0) is 8.55. The smallest absolute Gasteiger partial charge is 0.0145 e. The van der Waals surface area contributed by atoms with Gasteiger partial charge >= 0.3 is 0 Å². The molecule has 0 spiro atoms. The molecular weight excluding hydrogens is 148 g/mol. The zero-order valence-electron chi connectivity index (χ0n) is 8.29. The maximum atomic E-state index is 2.57. The summed E-state index contributed by atoms with van der Waals surface area (Å²) in [6.07, 6.45) is 4.25. The molecule has 0 saturated carbocycles. The van der Waals surface area contributed by atoms with E-state index in [4.69, 9.17) is 0 Å². The number of rotatable bonds is 0. The van der Waals surface area contributed by atoms with Gasteiger partial charge in [-0.2, -0.15) is 0 Å². The number of fused-ring (bicyclic) bond motifs is 1. The Morgan fingerprint density at radius 1 is 1.08 bits per heavy atom. The van der Waals surface area contributed by atoms with Gasteiger partial charge in [0.15, 0.2) is 0 Å². The van der Waals surface area contributed by atoms with Crippen LogP contribution in [0.1, 0.15) is 19.3 Å². The summed E-state index contributed by atoms with van der Waals surface area (Å²) in [6, 6.07) is 0.898. The van der Waals surface area contributed by atoms with E-state index in [-0.39, 0.29) is 0 Å². The molecule has 0 aromatic rings. The van der Waals surface area contributed by atoms with Crippen LogP contribution in [0.25, 0.3) is 0 Å². The van der Waals surface area contributed by atoms with Crippen molar-refractivity contribution in [3.8, 4) is 0 Å². The molecule has 2 heteroatoms. The van der Waals surface area contributed by atoms with E-state index in [1.165, 1.54) is 38.9 Å². The third-order valence-corrected chi connectivity index (χ3v) is 3.55. The van der Waals surface area contributed by atoms with Gasteiger partial charge in [0.05, 0.1) is 0 Å². The fourth-order valence-electron chi connectivity index (χ4n) is 2.83. The molecule has 70 valence electrons. The number of likely N-dealkylation sites (tertiary alicyclic amines) is 2. The van der Waals surface area contributed by atoms with Crippen LogP contribution in [0.4, 0.5) is 0 Å². The molecule has 0 aromatic heterocycles. The van der Waals surface area contributed by atoms with Crippen molar-refractivity contribution in [3.63, 3.8) is 0 Å². The third-order valence-electron chi connectivity index (χ3n) is 3.55. The Labute approximate surface area is 75.5 Å². The molecule has 2 heterocycles. The Morgan fingerprint density at radius 3 is 2.75 bits per heavy atom. The molecule has 2 unspecified atom stereocenters. The van der Waals surface area contributed by atoms with Crippen molar-refractivity contribution in [3.05, 3.63) is 0 Å². The van der Waals surface area contributed by atoms with Crippen LogP contribution in [-0.2, 0) is 0 Å². The van der Waals surface area contributed by atoms with Crippen molar-refractivity contribution in [2.45, 2.75) is 25.3 Å². The monoisotopic (exact) mass is 168 g/mol. The standard InChI is InChI=1S/C10H20N2/c1-11-7-5-10-9(8-11)4-3-6-12(10)2/h9-10H,3-8H2,1-2H3. The van der Waals surface area contributed by atoms with Gasteiger partial charge in [-0.25, -0.2) is 0 Å². The largest absolute Gasteiger partial charge is 0.306 e. The van der Waals surface area contributed by atoms with Gasteiger partial charge in [0.2, 0.25) is 0 Å². The van der Waals surface area contributed by atoms with E-state index < -0.39 is 0 Å². The molecule has 2 aliphatic heterocycles. The van der Waals surface area contributed by atoms with Crippen molar-refractivity contribution >= 4 is 0 Å². The Kier molecular flexibility index (Phi) is 2.37. The highest BCUT2D eigenvalue weighted by atomic mass is 15.2. The second-order valence-corrected chi connectivity index (χ2v) is 4.50. The average Bonchev–Trinajstić information content (AvgIpc) is 2.04. The molecule has 0 bridgehead atoms. The number of piperidine rings is 2. The van der Waals surface area contributed by atoms with Crippen molar-refractivity contribution in [2.24, 2.45) is 5.92 Å². The van der Waals surface area contributed by atoms with Crippen LogP contribution in [0.15, 0.2) is 0 Å². The predicted molar refractivity (Wildman–Crippen MR) is 51.3 cm³/mol. The highest BCUT2D eigenvalue weighted by Gasteiger charge is 2.32. The second-order valence-electron chi connectivity index (χ2n) is 4.50. The summed E-state index contributed by atoms with van der Waals surface area (Å²) in [7, 11) is 4.55. The summed E-state index contributed by atoms with van der Waals surface area (Å²) in [5, 5.41) is 0. The van der Waals surface area contributed by atoms with Gasteiger partial charge in [-0.3, -0.25) is 0 Å². The van der Waals surface area contributed by atoms with Gasteiger partial charge in [-0.05, 0) is 52.4 Å². The molecule has 0 N–H and O–H groups in total. The van der Waals surface area contributed by atoms with E-state index in [1.54, 1.807) is 0 Å². The molecular formula is C10H20N2. The van der Waals surface area contributed by atoms with Crippen LogP contribution in [0.2, 0.25) is 0 Å². The Balaban J connectivity index is 1.99. The first kappa shape index (κ1) is 8.52. The van der Waals surface area contributed by atoms with Gasteiger partial charge in [-0.15, -0.1) is 0 Å². The zero-order valence-corrected chi connectivity index (χ0v) is 8.29. The minimum atomic E-state index is 0.898. The summed E-state index contributed by atoms with van der Waals surface area (Å²) in [5.41, 5.74) is 0. The molecule has 2 fully saturated rings. The van der Waals surface area contributed by atoms with E-state index in [0.717, 1.165) is 12.0 Å². The van der Waals surface area contributed by atoms with E-state index in [1.807, 2.05) is 0 Å². The molecule has 2 rings (SSSR count). The van der Waals surface area contributed by atoms with Gasteiger partial charge in [0, 0.05) is 12.6 Å². The molecule has 2 aliphatic rings. The molecule has 2 saturated heterocycles. The van der Waals surface area contributed by atoms with Crippen LogP contribution < -0.4 is 0 Å². The summed E-state index contributed by atoms with van der Waals surface area (Å²) >= 11 is 0. The normalized spacial score (nSPS) is 39.5. The molecule has 0 amide bonds. The van der Waals surface area contributed by atoms with Gasteiger partial charge < -0.3 is 9.80 Å². The quantitative estimate of drug-likeness (QED) is 0.533. The van der Waals surface area contributed by atoms with Crippen molar-refractivity contribution in [1.82, 2.24) is 9.80 Å². The summed E-state index contributed by atoms with van der Waals surface area (Å²) in [4.78, 5) is 5.06. The lowest BCUT2D eigenvalue weighted by molar-refractivity contribution is 0.0490. The predicted octanol–water partition coefficient (Wildman–Crippen LogP) is 1.03. The Hall–Kier alpha value is -0.0800. The lowest BCUT2D eigenvalue weighted by Gasteiger charge is -2.45. The molecule has 0 aliphatic carbocycles. The summed E-state index contributed by atoms with van der Waals surface area (Å²) < 4.78 is 0. The fraction of sp³-hybridized carbons (Fsp3) is 1.00. The van der Waals surface area contributed by atoms with Gasteiger partial charge in [0.1, 0.15) is 0 Å². The van der Waals surface area contributed by atoms with E-state index >= 15 is 0 Å². The number of hydrogen-bond donors (Lipinski definition) is 0. The van der Waals surface area contributed by atoms with Crippen LogP contribution in [0, 0.1) is 5.92 Å². The first-order valence-electron chi connectivity index (χ1n) is 5.16. The third kappa shape index (κ3) is 1.50. The summed E-state index contributed by atoms with van der Waals surface area (Å²) in [5.74, 6) is 0.961. The minimum absolute atomic E-state index is 0.898. The first-order valence-corrected chi connectivity index (χ1v) is 5.16. The molecule has 0 radical (unpaired) electrons. The van der Waals surface area contributed by atoms with Gasteiger partial charge in [0.25, 0.3) is 0 Å². The fourth-order valence-corrected chi connectivity index (χ4v) is 2.83. The van der Waals surface area contributed by atoms with Crippen LogP contribution in [-0.4, -0.2) is 49.6 Å². The maximum absolute atomic E-state index is 2.57. The van der Waals surface area contributed by atoms with Crippen molar-refractivity contribution < 1.29 is 0 Å².